The van der Waals surface area contributed by atoms with Crippen LogP contribution in [0.15, 0.2) is 5.38 Å². The number of aromatic nitrogens is 1. The van der Waals surface area contributed by atoms with Gasteiger partial charge in [-0.25, -0.2) is 4.98 Å². The molecule has 2 fully saturated rings. The highest BCUT2D eigenvalue weighted by molar-refractivity contribution is 7.09. The summed E-state index contributed by atoms with van der Waals surface area (Å²) >= 11 is 1.59. The van der Waals surface area contributed by atoms with Gasteiger partial charge in [-0.05, 0) is 39.2 Å². The van der Waals surface area contributed by atoms with Gasteiger partial charge in [-0.15, -0.1) is 11.3 Å². The molecular formula is C25H43N3O3S. The lowest BCUT2D eigenvalue weighted by molar-refractivity contribution is -0.127. The monoisotopic (exact) mass is 465 g/mol. The third kappa shape index (κ3) is 7.51. The summed E-state index contributed by atoms with van der Waals surface area (Å²) in [6, 6.07) is 0. The first-order chi connectivity index (χ1) is 15.4. The summed E-state index contributed by atoms with van der Waals surface area (Å²) in [5, 5.41) is 12.3. The van der Waals surface area contributed by atoms with Gasteiger partial charge < -0.3 is 19.6 Å². The van der Waals surface area contributed by atoms with Crippen LogP contribution >= 0.6 is 11.3 Å². The van der Waals surface area contributed by atoms with Gasteiger partial charge in [-0.1, -0.05) is 46.0 Å². The Morgan fingerprint density at radius 2 is 1.81 bits per heavy atom. The minimum atomic E-state index is -0.175. The van der Waals surface area contributed by atoms with Gasteiger partial charge in [0, 0.05) is 30.9 Å². The molecule has 1 aromatic heterocycles. The second-order valence-corrected chi connectivity index (χ2v) is 11.0. The highest BCUT2D eigenvalue weighted by atomic mass is 32.1. The van der Waals surface area contributed by atoms with E-state index in [4.69, 9.17) is 4.74 Å². The van der Waals surface area contributed by atoms with Gasteiger partial charge in [0.05, 0.1) is 29.9 Å². The molecule has 0 saturated carbocycles. The summed E-state index contributed by atoms with van der Waals surface area (Å²) < 4.78 is 6.26. The van der Waals surface area contributed by atoms with E-state index in [9.17, 15) is 9.90 Å². The van der Waals surface area contributed by atoms with Crippen molar-refractivity contribution < 1.29 is 14.6 Å². The molecule has 0 radical (unpaired) electrons. The topological polar surface area (TPSA) is 65.9 Å². The van der Waals surface area contributed by atoms with Crippen LogP contribution in [0.1, 0.15) is 100.0 Å². The number of carbonyl (C=O) groups is 1. The van der Waals surface area contributed by atoms with Crippen molar-refractivity contribution >= 4 is 17.2 Å². The average molecular weight is 466 g/mol. The summed E-state index contributed by atoms with van der Waals surface area (Å²) in [4.78, 5) is 22.1. The molecular weight excluding hydrogens is 422 g/mol. The number of unbranched alkanes of at least 4 members (excludes halogenated alkanes) is 5. The second-order valence-electron chi connectivity index (χ2n) is 10.1. The molecule has 7 heteroatoms. The number of piperidine rings is 1. The van der Waals surface area contributed by atoms with Crippen molar-refractivity contribution in [3.63, 3.8) is 0 Å². The number of thiazole rings is 1. The van der Waals surface area contributed by atoms with E-state index in [0.29, 0.717) is 31.3 Å². The SMILES string of the molecule is CC(O)CCCCCCCCN1CCC2(CC1)CN(C(=O)c1csc(C(C)C)n1)CCO2. The van der Waals surface area contributed by atoms with E-state index in [1.165, 1.54) is 38.6 Å². The maximum absolute atomic E-state index is 13.0. The first kappa shape index (κ1) is 25.6. The average Bonchev–Trinajstić information content (AvgIpc) is 3.27. The molecule has 182 valence electrons. The number of aliphatic hydroxyl groups is 1. The lowest BCUT2D eigenvalue weighted by Gasteiger charge is -2.47. The summed E-state index contributed by atoms with van der Waals surface area (Å²) in [6.45, 7) is 11.4. The lowest BCUT2D eigenvalue weighted by atomic mass is 9.89. The Morgan fingerprint density at radius 3 is 2.47 bits per heavy atom. The van der Waals surface area contributed by atoms with Gasteiger partial charge in [-0.2, -0.15) is 0 Å². The number of hydrogen-bond donors (Lipinski definition) is 1. The smallest absolute Gasteiger partial charge is 0.273 e. The largest absolute Gasteiger partial charge is 0.393 e. The molecule has 2 saturated heterocycles. The third-order valence-corrected chi connectivity index (χ3v) is 8.03. The second kappa shape index (κ2) is 12.4. The van der Waals surface area contributed by atoms with Crippen LogP contribution in [0.5, 0.6) is 0 Å². The molecule has 1 amide bonds. The molecule has 1 N–H and O–H groups in total. The van der Waals surface area contributed by atoms with Crippen molar-refractivity contribution in [1.82, 2.24) is 14.8 Å². The molecule has 1 atom stereocenters. The number of amides is 1. The molecule has 1 spiro atoms. The van der Waals surface area contributed by atoms with E-state index in [1.54, 1.807) is 11.3 Å². The normalized spacial score (nSPS) is 20.2. The zero-order valence-electron chi connectivity index (χ0n) is 20.4. The number of ether oxygens (including phenoxy) is 1. The van der Waals surface area contributed by atoms with Gasteiger partial charge in [0.1, 0.15) is 5.69 Å². The van der Waals surface area contributed by atoms with Crippen molar-refractivity contribution in [2.24, 2.45) is 0 Å². The van der Waals surface area contributed by atoms with Crippen molar-refractivity contribution in [2.75, 3.05) is 39.3 Å². The van der Waals surface area contributed by atoms with Crippen molar-refractivity contribution in [3.05, 3.63) is 16.1 Å². The van der Waals surface area contributed by atoms with E-state index in [2.05, 4.69) is 23.7 Å². The standard InChI is InChI=1S/C25H43N3O3S/c1-20(2)23-26-22(18-32-23)24(30)28-16-17-31-25(19-28)11-14-27(15-12-25)13-9-7-5-4-6-8-10-21(3)29/h18,20-21,29H,4-17,19H2,1-3H3. The maximum atomic E-state index is 13.0. The number of rotatable bonds is 11. The predicted octanol–water partition coefficient (Wildman–Crippen LogP) is 4.69. The van der Waals surface area contributed by atoms with Crippen LogP contribution in [0.3, 0.4) is 0 Å². The fraction of sp³-hybridized carbons (Fsp3) is 0.840. The minimum Gasteiger partial charge on any atom is -0.393 e. The van der Waals surface area contributed by atoms with Crippen LogP contribution in [0.4, 0.5) is 0 Å². The number of nitrogens with zero attached hydrogens (tertiary/aromatic N) is 3. The van der Waals surface area contributed by atoms with Crippen molar-refractivity contribution in [2.45, 2.75) is 96.2 Å². The van der Waals surface area contributed by atoms with Crippen LogP contribution in [-0.2, 0) is 4.74 Å². The molecule has 32 heavy (non-hydrogen) atoms. The van der Waals surface area contributed by atoms with Gasteiger partial charge in [0.15, 0.2) is 0 Å². The Balaban J connectivity index is 1.35. The number of hydrogen-bond acceptors (Lipinski definition) is 6. The summed E-state index contributed by atoms with van der Waals surface area (Å²) in [7, 11) is 0. The summed E-state index contributed by atoms with van der Waals surface area (Å²) in [6.07, 6.45) is 10.3. The van der Waals surface area contributed by atoms with Crippen LogP contribution < -0.4 is 0 Å². The highest BCUT2D eigenvalue weighted by Gasteiger charge is 2.41. The summed E-state index contributed by atoms with van der Waals surface area (Å²) in [5.41, 5.74) is 0.421. The Kier molecular flexibility index (Phi) is 9.96. The molecule has 2 aliphatic rings. The van der Waals surface area contributed by atoms with Crippen molar-refractivity contribution in [3.8, 4) is 0 Å². The molecule has 1 unspecified atom stereocenters. The Labute approximate surface area is 198 Å². The van der Waals surface area contributed by atoms with Crippen LogP contribution in [0.2, 0.25) is 0 Å². The number of carbonyl (C=O) groups excluding carboxylic acids is 1. The molecule has 1 aromatic rings. The molecule has 3 heterocycles. The Hall–Kier alpha value is -1.02. The quantitative estimate of drug-likeness (QED) is 0.481. The molecule has 3 rings (SSSR count). The fourth-order valence-electron chi connectivity index (χ4n) is 4.80. The van der Waals surface area contributed by atoms with Gasteiger partial charge in [0.25, 0.3) is 5.91 Å². The molecule has 0 aliphatic carbocycles. The number of aliphatic hydroxyl groups excluding tert-OH is 1. The highest BCUT2D eigenvalue weighted by Crippen LogP contribution is 2.31. The van der Waals surface area contributed by atoms with E-state index < -0.39 is 0 Å². The third-order valence-electron chi connectivity index (χ3n) is 6.88. The number of morpholine rings is 1. The maximum Gasteiger partial charge on any atom is 0.273 e. The Morgan fingerprint density at radius 1 is 1.12 bits per heavy atom. The minimum absolute atomic E-state index is 0.0618. The Bertz CT molecular complexity index is 698. The number of likely N-dealkylation sites (tertiary alicyclic amines) is 1. The van der Waals surface area contributed by atoms with Crippen LogP contribution in [0.25, 0.3) is 0 Å². The molecule has 0 bridgehead atoms. The van der Waals surface area contributed by atoms with E-state index in [-0.39, 0.29) is 17.6 Å². The summed E-state index contributed by atoms with van der Waals surface area (Å²) in [5.74, 6) is 0.420. The molecule has 0 aromatic carbocycles. The zero-order chi connectivity index (χ0) is 23.0. The van der Waals surface area contributed by atoms with Gasteiger partial charge in [-0.3, -0.25) is 4.79 Å². The van der Waals surface area contributed by atoms with Gasteiger partial charge >= 0.3 is 0 Å². The van der Waals surface area contributed by atoms with Crippen LogP contribution in [0, 0.1) is 0 Å². The van der Waals surface area contributed by atoms with Crippen LogP contribution in [-0.4, -0.2) is 76.8 Å². The zero-order valence-corrected chi connectivity index (χ0v) is 21.2. The fourth-order valence-corrected chi connectivity index (χ4v) is 5.61. The van der Waals surface area contributed by atoms with Gasteiger partial charge in [0.2, 0.25) is 0 Å². The van der Waals surface area contributed by atoms with E-state index >= 15 is 0 Å². The predicted molar refractivity (Wildman–Crippen MR) is 130 cm³/mol. The molecule has 6 nitrogen and oxygen atoms in total. The van der Waals surface area contributed by atoms with E-state index in [0.717, 1.165) is 43.8 Å². The lowest BCUT2D eigenvalue weighted by Crippen LogP contribution is -2.58. The molecule has 2 aliphatic heterocycles. The first-order valence-corrected chi connectivity index (χ1v) is 13.6. The van der Waals surface area contributed by atoms with Crippen molar-refractivity contribution in [1.29, 1.82) is 0 Å². The first-order valence-electron chi connectivity index (χ1n) is 12.7. The van der Waals surface area contributed by atoms with E-state index in [1.807, 2.05) is 17.2 Å².